The van der Waals surface area contributed by atoms with Crippen molar-refractivity contribution in [2.45, 2.75) is 0 Å². The van der Waals surface area contributed by atoms with Gasteiger partial charge in [-0.25, -0.2) is 9.07 Å². The molecule has 2 aromatic carbocycles. The van der Waals surface area contributed by atoms with Crippen LogP contribution in [0.3, 0.4) is 0 Å². The molecule has 0 saturated carbocycles. The van der Waals surface area contributed by atoms with E-state index in [1.807, 2.05) is 36.5 Å². The average molecular weight is 395 g/mol. The van der Waals surface area contributed by atoms with Gasteiger partial charge in [0.1, 0.15) is 10.1 Å². The minimum atomic E-state index is -0.311. The number of hydrogen-bond acceptors (Lipinski definition) is 4. The molecule has 4 rings (SSSR count). The molecule has 134 valence electrons. The number of amides is 1. The number of rotatable bonds is 3. The minimum absolute atomic E-state index is 0.137. The molecule has 1 amide bonds. The summed E-state index contributed by atoms with van der Waals surface area (Å²) in [4.78, 5) is 14.4. The molecule has 3 aromatic rings. The Hall–Kier alpha value is -2.77. The molecule has 0 bridgehead atoms. The van der Waals surface area contributed by atoms with Crippen molar-refractivity contribution in [3.63, 3.8) is 0 Å². The van der Waals surface area contributed by atoms with Gasteiger partial charge < -0.3 is 0 Å². The summed E-state index contributed by atoms with van der Waals surface area (Å²) in [5.74, 6) is -0.447. The topological polar surface area (TPSA) is 38.1 Å². The van der Waals surface area contributed by atoms with E-state index in [1.165, 1.54) is 28.8 Å². The van der Waals surface area contributed by atoms with Crippen molar-refractivity contribution in [1.29, 1.82) is 0 Å². The predicted molar refractivity (Wildman–Crippen MR) is 110 cm³/mol. The molecule has 1 saturated heterocycles. The van der Waals surface area contributed by atoms with Crippen LogP contribution in [-0.2, 0) is 4.79 Å². The highest BCUT2D eigenvalue weighted by Crippen LogP contribution is 2.34. The fourth-order valence-electron chi connectivity index (χ4n) is 2.72. The Labute approximate surface area is 165 Å². The van der Waals surface area contributed by atoms with Crippen molar-refractivity contribution in [3.8, 4) is 16.9 Å². The number of carbonyl (C=O) groups is 1. The number of para-hydroxylation sites is 1. The summed E-state index contributed by atoms with van der Waals surface area (Å²) < 4.78 is 15.6. The Bertz CT molecular complexity index is 1060. The molecule has 0 radical (unpaired) electrons. The van der Waals surface area contributed by atoms with Crippen LogP contribution in [0.5, 0.6) is 0 Å². The molecule has 1 aromatic heterocycles. The Morgan fingerprint density at radius 1 is 1.11 bits per heavy atom. The summed E-state index contributed by atoms with van der Waals surface area (Å²) in [5, 5.41) is 4.67. The fraction of sp³-hybridized carbons (Fsp3) is 0.0500. The second-order valence-electron chi connectivity index (χ2n) is 5.96. The molecule has 2 heterocycles. The lowest BCUT2D eigenvalue weighted by Gasteiger charge is -2.03. The number of thioether (sulfide) groups is 1. The van der Waals surface area contributed by atoms with Crippen LogP contribution in [0.2, 0.25) is 0 Å². The van der Waals surface area contributed by atoms with Crippen LogP contribution in [0.1, 0.15) is 5.56 Å². The van der Waals surface area contributed by atoms with E-state index in [2.05, 4.69) is 5.10 Å². The van der Waals surface area contributed by atoms with E-state index in [4.69, 9.17) is 12.2 Å². The van der Waals surface area contributed by atoms with Gasteiger partial charge in [0, 0.05) is 24.4 Å². The smallest absolute Gasteiger partial charge is 0.265 e. The monoisotopic (exact) mass is 395 g/mol. The van der Waals surface area contributed by atoms with Crippen molar-refractivity contribution in [2.75, 3.05) is 7.05 Å². The largest absolute Gasteiger partial charge is 0.296 e. The molecule has 0 atom stereocenters. The van der Waals surface area contributed by atoms with Gasteiger partial charge in [-0.05, 0) is 42.5 Å². The van der Waals surface area contributed by atoms with Gasteiger partial charge >= 0.3 is 0 Å². The summed E-state index contributed by atoms with van der Waals surface area (Å²) in [6.45, 7) is 0. The third-order valence-electron chi connectivity index (χ3n) is 4.15. The minimum Gasteiger partial charge on any atom is -0.296 e. The first-order chi connectivity index (χ1) is 13.0. The van der Waals surface area contributed by atoms with Crippen LogP contribution in [0, 0.1) is 5.82 Å². The molecule has 0 N–H and O–H groups in total. The van der Waals surface area contributed by atoms with Crippen LogP contribution >= 0.6 is 24.0 Å². The van der Waals surface area contributed by atoms with E-state index in [1.54, 1.807) is 29.9 Å². The van der Waals surface area contributed by atoms with Crippen molar-refractivity contribution in [3.05, 3.63) is 77.1 Å². The lowest BCUT2D eigenvalue weighted by atomic mass is 10.1. The molecule has 0 spiro atoms. The Balaban J connectivity index is 1.84. The first-order valence-corrected chi connectivity index (χ1v) is 9.38. The molecule has 1 aliphatic rings. The van der Waals surface area contributed by atoms with E-state index < -0.39 is 0 Å². The van der Waals surface area contributed by atoms with Crippen LogP contribution in [-0.4, -0.2) is 32.0 Å². The molecule has 1 aliphatic heterocycles. The van der Waals surface area contributed by atoms with E-state index in [0.29, 0.717) is 14.9 Å². The van der Waals surface area contributed by atoms with Crippen LogP contribution in [0.15, 0.2) is 65.7 Å². The SMILES string of the molecule is CN1C(=O)/C(=C\c2cn(-c3ccccc3)nc2-c2ccc(F)cc2)SC1=S. The third-order valence-corrected chi connectivity index (χ3v) is 5.64. The Morgan fingerprint density at radius 3 is 2.44 bits per heavy atom. The summed E-state index contributed by atoms with van der Waals surface area (Å²) in [6.07, 6.45) is 3.64. The highest BCUT2D eigenvalue weighted by Gasteiger charge is 2.29. The zero-order chi connectivity index (χ0) is 19.0. The first kappa shape index (κ1) is 17.6. The van der Waals surface area contributed by atoms with Crippen molar-refractivity contribution in [1.82, 2.24) is 14.7 Å². The second kappa shape index (κ2) is 7.09. The number of carbonyl (C=O) groups excluding carboxylic acids is 1. The second-order valence-corrected chi connectivity index (χ2v) is 7.64. The molecule has 4 nitrogen and oxygen atoms in total. The van der Waals surface area contributed by atoms with E-state index in [-0.39, 0.29) is 11.7 Å². The van der Waals surface area contributed by atoms with Crippen molar-refractivity contribution in [2.24, 2.45) is 0 Å². The number of likely N-dealkylation sites (N-methyl/N-ethyl adjacent to an activating group) is 1. The first-order valence-electron chi connectivity index (χ1n) is 8.15. The lowest BCUT2D eigenvalue weighted by Crippen LogP contribution is -2.22. The number of aromatic nitrogens is 2. The van der Waals surface area contributed by atoms with Gasteiger partial charge in [-0.15, -0.1) is 0 Å². The van der Waals surface area contributed by atoms with Gasteiger partial charge in [-0.1, -0.05) is 42.2 Å². The maximum absolute atomic E-state index is 13.3. The van der Waals surface area contributed by atoms with Crippen molar-refractivity contribution < 1.29 is 9.18 Å². The normalized spacial score (nSPS) is 15.8. The van der Waals surface area contributed by atoms with Gasteiger partial charge in [0.15, 0.2) is 0 Å². The van der Waals surface area contributed by atoms with E-state index in [9.17, 15) is 9.18 Å². The van der Waals surface area contributed by atoms with Crippen molar-refractivity contribution >= 4 is 40.3 Å². The van der Waals surface area contributed by atoms with Crippen LogP contribution in [0.4, 0.5) is 4.39 Å². The van der Waals surface area contributed by atoms with Gasteiger partial charge in [-0.3, -0.25) is 9.69 Å². The molecular formula is C20H14FN3OS2. The van der Waals surface area contributed by atoms with Gasteiger partial charge in [0.05, 0.1) is 16.3 Å². The molecule has 0 unspecified atom stereocenters. The summed E-state index contributed by atoms with van der Waals surface area (Å²) in [5.41, 5.74) is 3.09. The van der Waals surface area contributed by atoms with Crippen LogP contribution < -0.4 is 0 Å². The lowest BCUT2D eigenvalue weighted by molar-refractivity contribution is -0.121. The number of nitrogens with zero attached hydrogens (tertiary/aromatic N) is 3. The summed E-state index contributed by atoms with van der Waals surface area (Å²) in [6, 6.07) is 15.8. The maximum atomic E-state index is 13.3. The number of hydrogen-bond donors (Lipinski definition) is 0. The zero-order valence-corrected chi connectivity index (χ0v) is 15.9. The standard InChI is InChI=1S/C20H14FN3OS2/c1-23-19(25)17(27-20(23)26)11-14-12-24(16-5-3-2-4-6-16)22-18(14)13-7-9-15(21)10-8-13/h2-12H,1H3/b17-11+. The zero-order valence-electron chi connectivity index (χ0n) is 14.3. The molecule has 1 fully saturated rings. The predicted octanol–water partition coefficient (Wildman–Crippen LogP) is 4.51. The van der Waals surface area contributed by atoms with Gasteiger partial charge in [0.2, 0.25) is 0 Å². The van der Waals surface area contributed by atoms with Gasteiger partial charge in [0.25, 0.3) is 5.91 Å². The van der Waals surface area contributed by atoms with E-state index in [0.717, 1.165) is 16.8 Å². The summed E-state index contributed by atoms with van der Waals surface area (Å²) >= 11 is 6.46. The quantitative estimate of drug-likeness (QED) is 0.483. The highest BCUT2D eigenvalue weighted by atomic mass is 32.2. The molecular weight excluding hydrogens is 381 g/mol. The molecule has 7 heteroatoms. The summed E-state index contributed by atoms with van der Waals surface area (Å²) in [7, 11) is 1.66. The van der Waals surface area contributed by atoms with Gasteiger partial charge in [-0.2, -0.15) is 5.10 Å². The average Bonchev–Trinajstić information content (AvgIpc) is 3.20. The fourth-order valence-corrected chi connectivity index (χ4v) is 3.90. The maximum Gasteiger partial charge on any atom is 0.265 e. The number of halogens is 1. The third kappa shape index (κ3) is 3.43. The number of benzene rings is 2. The highest BCUT2D eigenvalue weighted by molar-refractivity contribution is 8.26. The molecule has 0 aliphatic carbocycles. The Morgan fingerprint density at radius 2 is 1.81 bits per heavy atom. The van der Waals surface area contributed by atoms with E-state index >= 15 is 0 Å². The Kier molecular flexibility index (Phi) is 4.63. The van der Waals surface area contributed by atoms with Crippen LogP contribution in [0.25, 0.3) is 23.0 Å². The molecule has 27 heavy (non-hydrogen) atoms. The number of thiocarbonyl (C=S) groups is 1.